The van der Waals surface area contributed by atoms with Crippen molar-refractivity contribution in [2.24, 2.45) is 17.3 Å². The maximum atomic E-state index is 13.2. The van der Waals surface area contributed by atoms with E-state index in [-0.39, 0.29) is 0 Å². The van der Waals surface area contributed by atoms with Crippen LogP contribution in [0.25, 0.3) is 0 Å². The lowest BCUT2D eigenvalue weighted by atomic mass is 9.67. The number of para-hydroxylation sites is 2. The van der Waals surface area contributed by atoms with Crippen LogP contribution in [0.1, 0.15) is 12.8 Å². The van der Waals surface area contributed by atoms with Crippen molar-refractivity contribution in [3.05, 3.63) is 60.7 Å². The van der Waals surface area contributed by atoms with Crippen LogP contribution in [-0.2, 0) is 19.2 Å². The molecule has 0 unspecified atom stereocenters. The van der Waals surface area contributed by atoms with Crippen LogP contribution in [0.4, 0.5) is 11.4 Å². The SMILES string of the molecule is N#CC(C#N)([C@@H]1CC(=O)N(c2ccccc2)C1=O)[C@@H]1CC(=O)N(c2ccccc2)C1=O. The van der Waals surface area contributed by atoms with Gasteiger partial charge in [0.05, 0.1) is 35.3 Å². The first-order valence-corrected chi connectivity index (χ1v) is 9.61. The zero-order valence-electron chi connectivity index (χ0n) is 16.3. The molecule has 8 heteroatoms. The van der Waals surface area contributed by atoms with Gasteiger partial charge in [-0.2, -0.15) is 10.5 Å². The molecule has 0 aromatic heterocycles. The number of nitriles is 2. The van der Waals surface area contributed by atoms with Gasteiger partial charge in [-0.25, -0.2) is 0 Å². The van der Waals surface area contributed by atoms with E-state index in [4.69, 9.17) is 0 Å². The number of benzene rings is 2. The standard InChI is InChI=1S/C23H16N4O4/c24-13-23(14-25,17-11-19(28)26(21(17)30)15-7-3-1-4-8-15)18-12-20(29)27(22(18)31)16-9-5-2-6-10-16/h1-10,17-18H,11-12H2/t17-,18-/m1/s1. The Labute approximate surface area is 177 Å². The quantitative estimate of drug-likeness (QED) is 0.709. The van der Waals surface area contributed by atoms with Crippen molar-refractivity contribution in [1.82, 2.24) is 0 Å². The van der Waals surface area contributed by atoms with Gasteiger partial charge >= 0.3 is 0 Å². The molecule has 0 N–H and O–H groups in total. The van der Waals surface area contributed by atoms with Gasteiger partial charge in [-0.05, 0) is 24.3 Å². The summed E-state index contributed by atoms with van der Waals surface area (Å²) < 4.78 is 0. The minimum Gasteiger partial charge on any atom is -0.274 e. The average Bonchev–Trinajstić information content (AvgIpc) is 3.26. The van der Waals surface area contributed by atoms with Crippen LogP contribution >= 0.6 is 0 Å². The van der Waals surface area contributed by atoms with Crippen molar-refractivity contribution in [3.8, 4) is 12.1 Å². The Morgan fingerprint density at radius 1 is 0.677 bits per heavy atom. The molecule has 2 aromatic carbocycles. The molecule has 2 aromatic rings. The molecule has 152 valence electrons. The topological polar surface area (TPSA) is 122 Å². The fraction of sp³-hybridized carbons (Fsp3) is 0.217. The lowest BCUT2D eigenvalue weighted by molar-refractivity contribution is -0.126. The number of nitrogens with zero attached hydrogens (tertiary/aromatic N) is 4. The summed E-state index contributed by atoms with van der Waals surface area (Å²) in [5, 5.41) is 20.0. The molecule has 0 spiro atoms. The van der Waals surface area contributed by atoms with Gasteiger partial charge in [-0.1, -0.05) is 36.4 Å². The zero-order chi connectivity index (χ0) is 22.2. The number of carbonyl (C=O) groups is 4. The largest absolute Gasteiger partial charge is 0.274 e. The Morgan fingerprint density at radius 3 is 1.35 bits per heavy atom. The third kappa shape index (κ3) is 2.97. The van der Waals surface area contributed by atoms with Crippen molar-refractivity contribution in [3.63, 3.8) is 0 Å². The first kappa shape index (κ1) is 20.0. The number of anilines is 2. The van der Waals surface area contributed by atoms with Gasteiger partial charge in [0.1, 0.15) is 0 Å². The van der Waals surface area contributed by atoms with Crippen molar-refractivity contribution in [2.45, 2.75) is 12.8 Å². The van der Waals surface area contributed by atoms with Gasteiger partial charge in [-0.15, -0.1) is 0 Å². The maximum absolute atomic E-state index is 13.2. The van der Waals surface area contributed by atoms with E-state index in [0.29, 0.717) is 11.4 Å². The van der Waals surface area contributed by atoms with E-state index in [1.54, 1.807) is 60.7 Å². The van der Waals surface area contributed by atoms with Crippen molar-refractivity contribution in [1.29, 1.82) is 10.5 Å². The fourth-order valence-electron chi connectivity index (χ4n) is 4.25. The van der Waals surface area contributed by atoms with Gasteiger partial charge in [-0.3, -0.25) is 29.0 Å². The van der Waals surface area contributed by atoms with Crippen LogP contribution in [-0.4, -0.2) is 23.6 Å². The highest BCUT2D eigenvalue weighted by molar-refractivity contribution is 6.23. The van der Waals surface area contributed by atoms with Crippen LogP contribution in [0.3, 0.4) is 0 Å². The molecule has 0 bridgehead atoms. The Morgan fingerprint density at radius 2 is 1.03 bits per heavy atom. The van der Waals surface area contributed by atoms with Crippen LogP contribution in [0.15, 0.2) is 60.7 Å². The van der Waals surface area contributed by atoms with Gasteiger partial charge in [0.25, 0.3) is 0 Å². The summed E-state index contributed by atoms with van der Waals surface area (Å²) in [6.45, 7) is 0. The molecule has 31 heavy (non-hydrogen) atoms. The molecular weight excluding hydrogens is 396 g/mol. The summed E-state index contributed by atoms with van der Waals surface area (Å²) in [4.78, 5) is 53.5. The fourth-order valence-corrected chi connectivity index (χ4v) is 4.25. The smallest absolute Gasteiger partial charge is 0.240 e. The summed E-state index contributed by atoms with van der Waals surface area (Å²) in [6, 6.07) is 20.0. The predicted molar refractivity (Wildman–Crippen MR) is 108 cm³/mol. The summed E-state index contributed by atoms with van der Waals surface area (Å²) in [5.41, 5.74) is -1.50. The van der Waals surface area contributed by atoms with Crippen molar-refractivity contribution < 1.29 is 19.2 Å². The first-order valence-electron chi connectivity index (χ1n) is 9.61. The lowest BCUT2D eigenvalue weighted by Crippen LogP contribution is -2.44. The number of amides is 4. The third-order valence-electron chi connectivity index (χ3n) is 5.79. The van der Waals surface area contributed by atoms with Gasteiger partial charge in [0.2, 0.25) is 23.6 Å². The predicted octanol–water partition coefficient (Wildman–Crippen LogP) is 2.18. The summed E-state index contributed by atoms with van der Waals surface area (Å²) in [6.07, 6.45) is -0.781. The first-order chi connectivity index (χ1) is 14.9. The van der Waals surface area contributed by atoms with Crippen LogP contribution in [0, 0.1) is 39.9 Å². The third-order valence-corrected chi connectivity index (χ3v) is 5.79. The highest BCUT2D eigenvalue weighted by Gasteiger charge is 2.61. The van der Waals surface area contributed by atoms with E-state index in [1.807, 2.05) is 12.1 Å². The van der Waals surface area contributed by atoms with Crippen LogP contribution in [0.5, 0.6) is 0 Å². The Hall–Kier alpha value is -4.30. The maximum Gasteiger partial charge on any atom is 0.240 e. The lowest BCUT2D eigenvalue weighted by Gasteiger charge is -2.28. The average molecular weight is 412 g/mol. The highest BCUT2D eigenvalue weighted by atomic mass is 16.2. The van der Waals surface area contributed by atoms with E-state index in [0.717, 1.165) is 9.80 Å². The summed E-state index contributed by atoms with van der Waals surface area (Å²) in [7, 11) is 0. The van der Waals surface area contributed by atoms with Gasteiger partial charge in [0, 0.05) is 12.8 Å². The zero-order valence-corrected chi connectivity index (χ0v) is 16.3. The Kier molecular flexibility index (Phi) is 4.84. The summed E-state index contributed by atoms with van der Waals surface area (Å²) in [5.74, 6) is -5.28. The van der Waals surface area contributed by atoms with Gasteiger partial charge in [0.15, 0.2) is 5.41 Å². The van der Waals surface area contributed by atoms with Crippen LogP contribution in [0.2, 0.25) is 0 Å². The molecule has 0 radical (unpaired) electrons. The number of hydrogen-bond acceptors (Lipinski definition) is 6. The molecule has 2 saturated heterocycles. The molecule has 2 atom stereocenters. The molecule has 2 heterocycles. The molecule has 2 aliphatic heterocycles. The highest BCUT2D eigenvalue weighted by Crippen LogP contribution is 2.47. The molecule has 4 rings (SSSR count). The number of carbonyl (C=O) groups excluding carboxylic acids is 4. The van der Waals surface area contributed by atoms with Gasteiger partial charge < -0.3 is 0 Å². The Bertz CT molecular complexity index is 1070. The molecule has 2 aliphatic rings. The molecule has 0 saturated carbocycles. The minimum absolute atomic E-state index is 0.324. The second-order valence-corrected chi connectivity index (χ2v) is 7.41. The van der Waals surface area contributed by atoms with E-state index >= 15 is 0 Å². The molecular formula is C23H16N4O4. The second-order valence-electron chi connectivity index (χ2n) is 7.41. The number of hydrogen-bond donors (Lipinski definition) is 0. The van der Waals surface area contributed by atoms with E-state index in [2.05, 4.69) is 0 Å². The van der Waals surface area contributed by atoms with E-state index in [9.17, 15) is 29.7 Å². The molecule has 2 fully saturated rings. The molecule has 4 amide bonds. The monoisotopic (exact) mass is 412 g/mol. The number of imide groups is 2. The second kappa shape index (κ2) is 7.51. The van der Waals surface area contributed by atoms with E-state index in [1.165, 1.54) is 0 Å². The number of rotatable bonds is 4. The molecule has 0 aliphatic carbocycles. The minimum atomic E-state index is -2.15. The van der Waals surface area contributed by atoms with Crippen molar-refractivity contribution in [2.75, 3.05) is 9.80 Å². The Balaban J connectivity index is 1.72. The van der Waals surface area contributed by atoms with Crippen LogP contribution < -0.4 is 9.80 Å². The summed E-state index contributed by atoms with van der Waals surface area (Å²) >= 11 is 0. The van der Waals surface area contributed by atoms with Crippen molar-refractivity contribution >= 4 is 35.0 Å². The molecule has 8 nitrogen and oxygen atoms in total. The normalized spacial score (nSPS) is 21.4. The van der Waals surface area contributed by atoms with E-state index < -0.39 is 53.7 Å².